The summed E-state index contributed by atoms with van der Waals surface area (Å²) in [7, 11) is -1.62. The average molecular weight is 412 g/mol. The van der Waals surface area contributed by atoms with E-state index in [1.165, 1.54) is 6.26 Å². The van der Waals surface area contributed by atoms with E-state index in [9.17, 15) is 8.42 Å². The zero-order chi connectivity index (χ0) is 19.9. The van der Waals surface area contributed by atoms with Gasteiger partial charge in [0.1, 0.15) is 5.75 Å². The van der Waals surface area contributed by atoms with Gasteiger partial charge in [-0.25, -0.2) is 8.42 Å². The SMILES string of the molecule is COc1ccc(-c2[nH]c3ccc(Cl)cc3c2-c2ccc(S(C)(=O)=O)cc2)cc1. The fourth-order valence-electron chi connectivity index (χ4n) is 3.31. The van der Waals surface area contributed by atoms with E-state index in [4.69, 9.17) is 16.3 Å². The molecule has 1 aromatic heterocycles. The van der Waals surface area contributed by atoms with Crippen LogP contribution in [0.1, 0.15) is 0 Å². The summed E-state index contributed by atoms with van der Waals surface area (Å²) in [5, 5.41) is 1.62. The molecule has 1 N–H and O–H groups in total. The maximum atomic E-state index is 11.8. The summed E-state index contributed by atoms with van der Waals surface area (Å²) in [5.41, 5.74) is 4.77. The van der Waals surface area contributed by atoms with E-state index in [1.807, 2.05) is 54.6 Å². The predicted molar refractivity (Wildman–Crippen MR) is 114 cm³/mol. The van der Waals surface area contributed by atoms with Gasteiger partial charge >= 0.3 is 0 Å². The number of ether oxygens (including phenoxy) is 1. The van der Waals surface area contributed by atoms with Gasteiger partial charge in [0.05, 0.1) is 17.7 Å². The first kappa shape index (κ1) is 18.6. The van der Waals surface area contributed by atoms with E-state index in [0.717, 1.165) is 39.0 Å². The molecule has 4 nitrogen and oxygen atoms in total. The Morgan fingerprint density at radius 3 is 2.14 bits per heavy atom. The van der Waals surface area contributed by atoms with Crippen LogP contribution in [0.25, 0.3) is 33.3 Å². The summed E-state index contributed by atoms with van der Waals surface area (Å²) >= 11 is 6.25. The normalized spacial score (nSPS) is 11.7. The first-order valence-corrected chi connectivity index (χ1v) is 10.9. The molecule has 0 amide bonds. The Bertz CT molecular complexity index is 1260. The molecule has 0 spiro atoms. The highest BCUT2D eigenvalue weighted by molar-refractivity contribution is 7.90. The fraction of sp³-hybridized carbons (Fsp3) is 0.0909. The quantitative estimate of drug-likeness (QED) is 0.477. The molecule has 0 bridgehead atoms. The molecule has 4 rings (SSSR count). The molecule has 6 heteroatoms. The van der Waals surface area contributed by atoms with E-state index >= 15 is 0 Å². The van der Waals surface area contributed by atoms with Crippen LogP contribution in [0.5, 0.6) is 5.75 Å². The van der Waals surface area contributed by atoms with E-state index in [2.05, 4.69) is 4.98 Å². The van der Waals surface area contributed by atoms with Gasteiger partial charge in [-0.2, -0.15) is 0 Å². The van der Waals surface area contributed by atoms with Gasteiger partial charge in [-0.05, 0) is 65.7 Å². The first-order chi connectivity index (χ1) is 13.4. The molecule has 0 fully saturated rings. The number of halogens is 1. The van der Waals surface area contributed by atoms with Gasteiger partial charge < -0.3 is 9.72 Å². The first-order valence-electron chi connectivity index (χ1n) is 8.63. The molecule has 0 radical (unpaired) electrons. The van der Waals surface area contributed by atoms with Crippen molar-refractivity contribution in [1.29, 1.82) is 0 Å². The summed E-state index contributed by atoms with van der Waals surface area (Å²) in [4.78, 5) is 3.76. The molecule has 1 heterocycles. The van der Waals surface area contributed by atoms with Crippen LogP contribution in [0.4, 0.5) is 0 Å². The van der Waals surface area contributed by atoms with Crippen LogP contribution in [0.15, 0.2) is 71.6 Å². The van der Waals surface area contributed by atoms with Crippen molar-refractivity contribution in [2.75, 3.05) is 13.4 Å². The maximum Gasteiger partial charge on any atom is 0.175 e. The minimum Gasteiger partial charge on any atom is -0.497 e. The molecule has 0 saturated heterocycles. The average Bonchev–Trinajstić information content (AvgIpc) is 3.06. The molecule has 0 saturated carbocycles. The summed E-state index contributed by atoms with van der Waals surface area (Å²) in [6.07, 6.45) is 1.20. The monoisotopic (exact) mass is 411 g/mol. The largest absolute Gasteiger partial charge is 0.497 e. The molecule has 28 heavy (non-hydrogen) atoms. The van der Waals surface area contributed by atoms with E-state index in [-0.39, 0.29) is 0 Å². The van der Waals surface area contributed by atoms with E-state index in [0.29, 0.717) is 9.92 Å². The Kier molecular flexibility index (Phi) is 4.65. The summed E-state index contributed by atoms with van der Waals surface area (Å²) in [6.45, 7) is 0. The molecular formula is C22H18ClNO3S. The number of rotatable bonds is 4. The molecular weight excluding hydrogens is 394 g/mol. The molecule has 3 aromatic carbocycles. The predicted octanol–water partition coefficient (Wildman–Crippen LogP) is 5.57. The van der Waals surface area contributed by atoms with E-state index in [1.54, 1.807) is 19.2 Å². The molecule has 4 aromatic rings. The number of fused-ring (bicyclic) bond motifs is 1. The Hall–Kier alpha value is -2.76. The molecule has 0 aliphatic heterocycles. The number of hydrogen-bond donors (Lipinski definition) is 1. The van der Waals surface area contributed by atoms with Crippen molar-refractivity contribution >= 4 is 32.3 Å². The molecule has 0 aliphatic rings. The van der Waals surface area contributed by atoms with Crippen LogP contribution in [-0.4, -0.2) is 26.8 Å². The number of hydrogen-bond acceptors (Lipinski definition) is 3. The standard InChI is InChI=1S/C22H18ClNO3S/c1-27-17-8-3-15(4-9-17)22-21(19-13-16(23)7-12-20(19)24-22)14-5-10-18(11-6-14)28(2,25)26/h3-13,24H,1-2H3. The van der Waals surface area contributed by atoms with Crippen LogP contribution < -0.4 is 4.74 Å². The van der Waals surface area contributed by atoms with Gasteiger partial charge in [0, 0.05) is 27.7 Å². The van der Waals surface area contributed by atoms with Gasteiger partial charge in [-0.15, -0.1) is 0 Å². The van der Waals surface area contributed by atoms with Crippen molar-refractivity contribution < 1.29 is 13.2 Å². The highest BCUT2D eigenvalue weighted by Gasteiger charge is 2.16. The zero-order valence-electron chi connectivity index (χ0n) is 15.4. The van der Waals surface area contributed by atoms with Crippen molar-refractivity contribution in [2.45, 2.75) is 4.90 Å². The van der Waals surface area contributed by atoms with Crippen molar-refractivity contribution in [3.05, 3.63) is 71.8 Å². The number of aromatic nitrogens is 1. The van der Waals surface area contributed by atoms with Crippen LogP contribution >= 0.6 is 11.6 Å². The van der Waals surface area contributed by atoms with Gasteiger partial charge in [0.2, 0.25) is 0 Å². The topological polar surface area (TPSA) is 59.2 Å². The summed E-state index contributed by atoms with van der Waals surface area (Å²) < 4.78 is 28.9. The number of methoxy groups -OCH3 is 1. The third-order valence-electron chi connectivity index (χ3n) is 4.71. The number of benzene rings is 3. The molecule has 142 valence electrons. The Morgan fingerprint density at radius 2 is 1.54 bits per heavy atom. The second-order valence-corrected chi connectivity index (χ2v) is 9.04. The maximum absolute atomic E-state index is 11.8. The van der Waals surface area contributed by atoms with Gasteiger partial charge in [0.25, 0.3) is 0 Å². The van der Waals surface area contributed by atoms with Crippen LogP contribution in [0.2, 0.25) is 5.02 Å². The Morgan fingerprint density at radius 1 is 0.893 bits per heavy atom. The molecule has 0 atom stereocenters. The lowest BCUT2D eigenvalue weighted by Crippen LogP contribution is -1.96. The number of aromatic amines is 1. The van der Waals surface area contributed by atoms with Crippen molar-refractivity contribution in [2.24, 2.45) is 0 Å². The van der Waals surface area contributed by atoms with Crippen molar-refractivity contribution in [3.8, 4) is 28.1 Å². The van der Waals surface area contributed by atoms with Gasteiger partial charge in [0.15, 0.2) is 9.84 Å². The molecule has 0 aliphatic carbocycles. The fourth-order valence-corrected chi connectivity index (χ4v) is 4.11. The molecule has 0 unspecified atom stereocenters. The Balaban J connectivity index is 1.95. The second-order valence-electron chi connectivity index (χ2n) is 6.59. The van der Waals surface area contributed by atoms with Gasteiger partial charge in [-0.1, -0.05) is 23.7 Å². The van der Waals surface area contributed by atoms with E-state index < -0.39 is 9.84 Å². The Labute approximate surface area is 168 Å². The van der Waals surface area contributed by atoms with Crippen molar-refractivity contribution in [1.82, 2.24) is 4.98 Å². The summed E-state index contributed by atoms with van der Waals surface area (Å²) in [6, 6.07) is 20.4. The van der Waals surface area contributed by atoms with Gasteiger partial charge in [-0.3, -0.25) is 0 Å². The minimum atomic E-state index is -3.25. The number of sulfone groups is 1. The minimum absolute atomic E-state index is 0.292. The highest BCUT2D eigenvalue weighted by atomic mass is 35.5. The second kappa shape index (κ2) is 7.00. The van der Waals surface area contributed by atoms with Crippen molar-refractivity contribution in [3.63, 3.8) is 0 Å². The lowest BCUT2D eigenvalue weighted by atomic mass is 9.98. The number of H-pyrrole nitrogens is 1. The zero-order valence-corrected chi connectivity index (χ0v) is 16.9. The smallest absolute Gasteiger partial charge is 0.175 e. The lowest BCUT2D eigenvalue weighted by molar-refractivity contribution is 0.415. The van der Waals surface area contributed by atoms with Crippen LogP contribution in [0, 0.1) is 0 Å². The third kappa shape index (κ3) is 3.39. The number of nitrogens with one attached hydrogen (secondary N) is 1. The van der Waals surface area contributed by atoms with Crippen LogP contribution in [-0.2, 0) is 9.84 Å². The highest BCUT2D eigenvalue weighted by Crippen LogP contribution is 2.39. The third-order valence-corrected chi connectivity index (χ3v) is 6.07. The van der Waals surface area contributed by atoms with Crippen LogP contribution in [0.3, 0.4) is 0 Å². The lowest BCUT2D eigenvalue weighted by Gasteiger charge is -2.08. The summed E-state index contributed by atoms with van der Waals surface area (Å²) in [5.74, 6) is 0.780.